The second-order valence-electron chi connectivity index (χ2n) is 7.18. The van der Waals surface area contributed by atoms with Gasteiger partial charge in [-0.15, -0.1) is 0 Å². The number of hydrogen-bond donors (Lipinski definition) is 1. The number of piperidine rings is 1. The van der Waals surface area contributed by atoms with E-state index >= 15 is 0 Å². The molecule has 2 heterocycles. The maximum Gasteiger partial charge on any atom is 0.308 e. The normalized spacial score (nSPS) is 30.6. The van der Waals surface area contributed by atoms with Gasteiger partial charge in [0.15, 0.2) is 11.5 Å². The SMILES string of the molecule is COC(=O)[C@@H]1C[C@H](O)[C@@H](N2CCC[C@@H](c3nc4ccccc4o3)C2)C1. The van der Waals surface area contributed by atoms with Gasteiger partial charge in [-0.05, 0) is 44.4 Å². The summed E-state index contributed by atoms with van der Waals surface area (Å²) in [4.78, 5) is 18.7. The third-order valence-electron chi connectivity index (χ3n) is 5.61. The number of nitrogens with zero attached hydrogens (tertiary/aromatic N) is 2. The minimum absolute atomic E-state index is 0.0104. The van der Waals surface area contributed by atoms with Crippen LogP contribution < -0.4 is 0 Å². The van der Waals surface area contributed by atoms with Crippen LogP contribution in [0.2, 0.25) is 0 Å². The van der Waals surface area contributed by atoms with Gasteiger partial charge in [-0.1, -0.05) is 12.1 Å². The first-order valence-electron chi connectivity index (χ1n) is 9.01. The van der Waals surface area contributed by atoms with Crippen molar-refractivity contribution in [2.75, 3.05) is 20.2 Å². The molecule has 4 atom stereocenters. The van der Waals surface area contributed by atoms with E-state index in [1.165, 1.54) is 7.11 Å². The summed E-state index contributed by atoms with van der Waals surface area (Å²) in [5.74, 6) is 0.595. The van der Waals surface area contributed by atoms with E-state index in [2.05, 4.69) is 9.88 Å². The third-order valence-corrected chi connectivity index (χ3v) is 5.61. The van der Waals surface area contributed by atoms with E-state index in [0.29, 0.717) is 12.8 Å². The van der Waals surface area contributed by atoms with Crippen LogP contribution in [0.5, 0.6) is 0 Å². The molecule has 2 aliphatic rings. The standard InChI is InChI=1S/C19H24N2O4/c1-24-19(23)13-9-15(16(22)10-13)21-8-4-5-12(11-21)18-20-14-6-2-3-7-17(14)25-18/h2-3,6-7,12-13,15-16,22H,4-5,8-11H2,1H3/t12-,13+,15+,16+/m1/s1. The van der Waals surface area contributed by atoms with Gasteiger partial charge in [0.1, 0.15) is 5.52 Å². The monoisotopic (exact) mass is 344 g/mol. The number of oxazole rings is 1. The van der Waals surface area contributed by atoms with Crippen molar-refractivity contribution in [1.82, 2.24) is 9.88 Å². The number of aliphatic hydroxyl groups excluding tert-OH is 1. The van der Waals surface area contributed by atoms with Crippen LogP contribution in [0, 0.1) is 5.92 Å². The number of fused-ring (bicyclic) bond motifs is 1. The summed E-state index contributed by atoms with van der Waals surface area (Å²) in [5.41, 5.74) is 1.71. The number of hydrogen-bond acceptors (Lipinski definition) is 6. The van der Waals surface area contributed by atoms with Gasteiger partial charge in [-0.3, -0.25) is 9.69 Å². The van der Waals surface area contributed by atoms with Crippen LogP contribution in [0.4, 0.5) is 0 Å². The second-order valence-corrected chi connectivity index (χ2v) is 7.18. The van der Waals surface area contributed by atoms with Crippen molar-refractivity contribution in [3.05, 3.63) is 30.2 Å². The molecule has 0 amide bonds. The number of para-hydroxylation sites is 2. The average molecular weight is 344 g/mol. The summed E-state index contributed by atoms with van der Waals surface area (Å²) in [6, 6.07) is 7.82. The Kier molecular flexibility index (Phi) is 4.48. The summed E-state index contributed by atoms with van der Waals surface area (Å²) >= 11 is 0. The van der Waals surface area contributed by atoms with Gasteiger partial charge in [0.05, 0.1) is 19.1 Å². The highest BCUT2D eigenvalue weighted by Gasteiger charge is 2.42. The van der Waals surface area contributed by atoms with E-state index in [9.17, 15) is 9.90 Å². The number of methoxy groups -OCH3 is 1. The van der Waals surface area contributed by atoms with E-state index in [-0.39, 0.29) is 23.8 Å². The van der Waals surface area contributed by atoms with Gasteiger partial charge in [0.2, 0.25) is 0 Å². The lowest BCUT2D eigenvalue weighted by molar-refractivity contribution is -0.145. The number of carbonyl (C=O) groups excluding carboxylic acids is 1. The van der Waals surface area contributed by atoms with Crippen LogP contribution in [0.3, 0.4) is 0 Å². The Balaban J connectivity index is 1.48. The molecule has 1 saturated carbocycles. The maximum atomic E-state index is 11.8. The predicted octanol–water partition coefficient (Wildman–Crippen LogP) is 2.32. The first kappa shape index (κ1) is 16.5. The first-order chi connectivity index (χ1) is 12.2. The highest BCUT2D eigenvalue weighted by molar-refractivity contribution is 5.73. The van der Waals surface area contributed by atoms with Crippen LogP contribution >= 0.6 is 0 Å². The lowest BCUT2D eigenvalue weighted by atomic mass is 9.95. The number of ether oxygens (including phenoxy) is 1. The van der Waals surface area contributed by atoms with E-state index in [1.54, 1.807) is 0 Å². The molecule has 134 valence electrons. The first-order valence-corrected chi connectivity index (χ1v) is 9.01. The Hall–Kier alpha value is -1.92. The number of esters is 1. The van der Waals surface area contributed by atoms with Crippen molar-refractivity contribution in [2.24, 2.45) is 5.92 Å². The third kappa shape index (κ3) is 3.16. The van der Waals surface area contributed by atoms with Crippen molar-refractivity contribution in [2.45, 2.75) is 43.7 Å². The minimum Gasteiger partial charge on any atom is -0.469 e. The number of benzene rings is 1. The van der Waals surface area contributed by atoms with Crippen LogP contribution in [-0.4, -0.2) is 53.3 Å². The quantitative estimate of drug-likeness (QED) is 0.861. The molecule has 25 heavy (non-hydrogen) atoms. The van der Waals surface area contributed by atoms with Gasteiger partial charge in [-0.2, -0.15) is 0 Å². The summed E-state index contributed by atoms with van der Waals surface area (Å²) < 4.78 is 10.8. The fraction of sp³-hybridized carbons (Fsp3) is 0.579. The highest BCUT2D eigenvalue weighted by Crippen LogP contribution is 2.35. The van der Waals surface area contributed by atoms with Crippen molar-refractivity contribution in [3.8, 4) is 0 Å². The minimum atomic E-state index is -0.480. The zero-order valence-corrected chi connectivity index (χ0v) is 14.4. The van der Waals surface area contributed by atoms with Gasteiger partial charge in [0.25, 0.3) is 0 Å². The molecule has 1 saturated heterocycles. The molecule has 2 aromatic rings. The summed E-state index contributed by atoms with van der Waals surface area (Å²) in [5, 5.41) is 10.4. The van der Waals surface area contributed by atoms with Crippen LogP contribution in [0.15, 0.2) is 28.7 Å². The topological polar surface area (TPSA) is 75.8 Å². The summed E-state index contributed by atoms with van der Waals surface area (Å²) in [6.45, 7) is 1.74. The molecule has 1 aromatic carbocycles. The summed E-state index contributed by atoms with van der Waals surface area (Å²) in [6.07, 6.45) is 2.74. The molecule has 0 unspecified atom stereocenters. The Morgan fingerprint density at radius 3 is 3.00 bits per heavy atom. The fourth-order valence-electron chi connectivity index (χ4n) is 4.32. The molecule has 0 bridgehead atoms. The Morgan fingerprint density at radius 1 is 1.36 bits per heavy atom. The number of likely N-dealkylation sites (tertiary alicyclic amines) is 1. The van der Waals surface area contributed by atoms with Crippen molar-refractivity contribution < 1.29 is 19.1 Å². The Labute approximate surface area is 146 Å². The Morgan fingerprint density at radius 2 is 2.20 bits per heavy atom. The molecular formula is C19H24N2O4. The van der Waals surface area contributed by atoms with E-state index in [1.807, 2.05) is 24.3 Å². The zero-order chi connectivity index (χ0) is 17.4. The fourth-order valence-corrected chi connectivity index (χ4v) is 4.32. The lowest BCUT2D eigenvalue weighted by Crippen LogP contribution is -2.45. The predicted molar refractivity (Wildman–Crippen MR) is 92.1 cm³/mol. The maximum absolute atomic E-state index is 11.8. The van der Waals surface area contributed by atoms with Crippen LogP contribution in [0.25, 0.3) is 11.1 Å². The molecular weight excluding hydrogens is 320 g/mol. The van der Waals surface area contributed by atoms with Gasteiger partial charge in [0, 0.05) is 18.5 Å². The smallest absolute Gasteiger partial charge is 0.308 e. The number of aliphatic hydroxyl groups is 1. The number of aromatic nitrogens is 1. The number of rotatable bonds is 3. The lowest BCUT2D eigenvalue weighted by Gasteiger charge is -2.37. The molecule has 6 nitrogen and oxygen atoms in total. The molecule has 4 rings (SSSR count). The zero-order valence-electron chi connectivity index (χ0n) is 14.4. The van der Waals surface area contributed by atoms with Crippen molar-refractivity contribution >= 4 is 17.1 Å². The molecule has 1 aliphatic carbocycles. The molecule has 1 N–H and O–H groups in total. The summed E-state index contributed by atoms with van der Waals surface area (Å²) in [7, 11) is 1.41. The van der Waals surface area contributed by atoms with E-state index in [4.69, 9.17) is 9.15 Å². The molecule has 6 heteroatoms. The molecule has 0 spiro atoms. The van der Waals surface area contributed by atoms with Crippen molar-refractivity contribution in [3.63, 3.8) is 0 Å². The Bertz CT molecular complexity index is 726. The molecule has 2 fully saturated rings. The average Bonchev–Trinajstić information content (AvgIpc) is 3.24. The largest absolute Gasteiger partial charge is 0.469 e. The molecule has 1 aromatic heterocycles. The van der Waals surface area contributed by atoms with Crippen molar-refractivity contribution in [1.29, 1.82) is 0 Å². The molecule has 1 aliphatic heterocycles. The highest BCUT2D eigenvalue weighted by atomic mass is 16.5. The molecule has 0 radical (unpaired) electrons. The van der Waals surface area contributed by atoms with Gasteiger partial charge in [-0.25, -0.2) is 4.98 Å². The second kappa shape index (κ2) is 6.77. The van der Waals surface area contributed by atoms with Gasteiger partial charge >= 0.3 is 5.97 Å². The van der Waals surface area contributed by atoms with Crippen LogP contribution in [-0.2, 0) is 9.53 Å². The number of carbonyl (C=O) groups is 1. The van der Waals surface area contributed by atoms with E-state index in [0.717, 1.165) is 42.9 Å². The van der Waals surface area contributed by atoms with Crippen LogP contribution in [0.1, 0.15) is 37.5 Å². The van der Waals surface area contributed by atoms with Gasteiger partial charge < -0.3 is 14.3 Å². The van der Waals surface area contributed by atoms with E-state index < -0.39 is 6.10 Å².